The van der Waals surface area contributed by atoms with Gasteiger partial charge in [0.15, 0.2) is 0 Å². The molecule has 2 aromatic carbocycles. The Morgan fingerprint density at radius 1 is 1.12 bits per heavy atom. The Morgan fingerprint density at radius 3 is 2.62 bits per heavy atom. The minimum Gasteiger partial charge on any atom is -0.363 e. The van der Waals surface area contributed by atoms with Crippen LogP contribution in [-0.2, 0) is 12.8 Å². The largest absolute Gasteiger partial charge is 0.363 e. The molecule has 3 aromatic rings. The predicted octanol–water partition coefficient (Wildman–Crippen LogP) is 3.31. The van der Waals surface area contributed by atoms with Gasteiger partial charge in [0.2, 0.25) is 5.76 Å². The maximum Gasteiger partial charge on any atom is 0.287 e. The van der Waals surface area contributed by atoms with Crippen LogP contribution in [0.4, 0.5) is 5.69 Å². The number of para-hydroxylation sites is 1. The summed E-state index contributed by atoms with van der Waals surface area (Å²) in [6, 6.07) is 17.8. The molecule has 1 aliphatic rings. The van der Waals surface area contributed by atoms with Crippen molar-refractivity contribution in [3.63, 3.8) is 0 Å². The van der Waals surface area contributed by atoms with Gasteiger partial charge in [-0.15, -0.1) is 0 Å². The van der Waals surface area contributed by atoms with Gasteiger partial charge in [-0.1, -0.05) is 47.6 Å². The van der Waals surface area contributed by atoms with Gasteiger partial charge >= 0.3 is 0 Å². The topological polar surface area (TPSA) is 81.5 Å². The minimum atomic E-state index is -0.621. The number of aromatic nitrogens is 1. The van der Waals surface area contributed by atoms with E-state index in [1.165, 1.54) is 16.8 Å². The SMILES string of the molecule is NC(=O)c1cc(-c2ccc(CC3=Nc4ccccc4C3)cc2)no1. The van der Waals surface area contributed by atoms with Crippen LogP contribution in [0.1, 0.15) is 21.7 Å². The molecule has 1 amide bonds. The maximum atomic E-state index is 11.1. The van der Waals surface area contributed by atoms with Crippen molar-refractivity contribution in [2.45, 2.75) is 12.8 Å². The molecule has 0 spiro atoms. The van der Waals surface area contributed by atoms with Gasteiger partial charge < -0.3 is 10.3 Å². The molecule has 24 heavy (non-hydrogen) atoms. The average Bonchev–Trinajstić information content (AvgIpc) is 3.22. The van der Waals surface area contributed by atoms with Crippen molar-refractivity contribution in [1.29, 1.82) is 0 Å². The molecular weight excluding hydrogens is 302 g/mol. The van der Waals surface area contributed by atoms with Gasteiger partial charge in [-0.25, -0.2) is 0 Å². The number of aliphatic imine (C=N–C) groups is 1. The van der Waals surface area contributed by atoms with E-state index in [0.29, 0.717) is 5.69 Å². The van der Waals surface area contributed by atoms with Crippen LogP contribution < -0.4 is 5.73 Å². The van der Waals surface area contributed by atoms with Crippen LogP contribution in [0.5, 0.6) is 0 Å². The van der Waals surface area contributed by atoms with Gasteiger partial charge in [-0.3, -0.25) is 9.79 Å². The molecule has 0 saturated heterocycles. The summed E-state index contributed by atoms with van der Waals surface area (Å²) in [5, 5.41) is 3.87. The number of nitrogens with zero attached hydrogens (tertiary/aromatic N) is 2. The van der Waals surface area contributed by atoms with Crippen LogP contribution in [-0.4, -0.2) is 16.8 Å². The van der Waals surface area contributed by atoms with Crippen LogP contribution >= 0.6 is 0 Å². The molecule has 0 fully saturated rings. The highest BCUT2D eigenvalue weighted by Crippen LogP contribution is 2.27. The number of amides is 1. The first kappa shape index (κ1) is 14.4. The molecule has 2 N–H and O–H groups in total. The number of fused-ring (bicyclic) bond motifs is 1. The van der Waals surface area contributed by atoms with E-state index in [1.54, 1.807) is 6.07 Å². The average molecular weight is 317 g/mol. The Bertz CT molecular complexity index is 939. The lowest BCUT2D eigenvalue weighted by Gasteiger charge is -2.02. The van der Waals surface area contributed by atoms with Crippen LogP contribution in [0.15, 0.2) is 64.1 Å². The summed E-state index contributed by atoms with van der Waals surface area (Å²) in [7, 11) is 0. The predicted molar refractivity (Wildman–Crippen MR) is 91.4 cm³/mol. The second kappa shape index (κ2) is 5.77. The number of hydrogen-bond donors (Lipinski definition) is 1. The lowest BCUT2D eigenvalue weighted by atomic mass is 10.0. The van der Waals surface area contributed by atoms with Gasteiger partial charge in [0.25, 0.3) is 5.91 Å². The summed E-state index contributed by atoms with van der Waals surface area (Å²) in [4.78, 5) is 15.7. The van der Waals surface area contributed by atoms with E-state index >= 15 is 0 Å². The highest BCUT2D eigenvalue weighted by Gasteiger charge is 2.14. The molecule has 2 heterocycles. The van der Waals surface area contributed by atoms with Gasteiger partial charge in [0.05, 0.1) is 5.69 Å². The van der Waals surface area contributed by atoms with Crippen LogP contribution in [0.3, 0.4) is 0 Å². The summed E-state index contributed by atoms with van der Waals surface area (Å²) in [5.41, 5.74) is 11.4. The van der Waals surface area contributed by atoms with E-state index in [-0.39, 0.29) is 5.76 Å². The Labute approximate surface area is 138 Å². The smallest absolute Gasteiger partial charge is 0.287 e. The van der Waals surface area contributed by atoms with E-state index in [9.17, 15) is 4.79 Å². The molecule has 0 unspecified atom stereocenters. The van der Waals surface area contributed by atoms with Crippen molar-refractivity contribution >= 4 is 17.3 Å². The number of primary amides is 1. The van der Waals surface area contributed by atoms with E-state index in [2.05, 4.69) is 16.2 Å². The second-order valence-corrected chi connectivity index (χ2v) is 5.80. The van der Waals surface area contributed by atoms with Gasteiger partial charge in [-0.2, -0.15) is 0 Å². The van der Waals surface area contributed by atoms with E-state index in [0.717, 1.165) is 24.1 Å². The molecular formula is C19H15N3O2. The minimum absolute atomic E-state index is 0.0622. The van der Waals surface area contributed by atoms with E-state index in [1.807, 2.05) is 42.5 Å². The third kappa shape index (κ3) is 2.72. The molecule has 0 atom stereocenters. The van der Waals surface area contributed by atoms with Crippen molar-refractivity contribution < 1.29 is 9.32 Å². The molecule has 0 saturated carbocycles. The standard InChI is InChI=1S/C19H15N3O2/c20-19(23)18-11-17(22-24-18)13-7-5-12(6-8-13)9-15-10-14-3-1-2-4-16(14)21-15/h1-8,11H,9-10H2,(H2,20,23). The third-order valence-corrected chi connectivity index (χ3v) is 4.08. The summed E-state index contributed by atoms with van der Waals surface area (Å²) >= 11 is 0. The Balaban J connectivity index is 1.49. The lowest BCUT2D eigenvalue weighted by Crippen LogP contribution is -2.09. The molecule has 118 valence electrons. The van der Waals surface area contributed by atoms with Crippen LogP contribution in [0, 0.1) is 0 Å². The molecule has 4 rings (SSSR count). The molecule has 5 heteroatoms. The number of hydrogen-bond acceptors (Lipinski definition) is 4. The first-order valence-corrected chi connectivity index (χ1v) is 7.69. The summed E-state index contributed by atoms with van der Waals surface area (Å²) in [5.74, 6) is -0.559. The van der Waals surface area contributed by atoms with Crippen molar-refractivity contribution in [2.24, 2.45) is 10.7 Å². The zero-order valence-electron chi connectivity index (χ0n) is 12.9. The number of rotatable bonds is 4. The number of nitrogens with two attached hydrogens (primary N) is 1. The van der Waals surface area contributed by atoms with Crippen molar-refractivity contribution in [1.82, 2.24) is 5.16 Å². The van der Waals surface area contributed by atoms with E-state index < -0.39 is 5.91 Å². The van der Waals surface area contributed by atoms with Gasteiger partial charge in [-0.05, 0) is 17.2 Å². The molecule has 5 nitrogen and oxygen atoms in total. The monoisotopic (exact) mass is 317 g/mol. The highest BCUT2D eigenvalue weighted by molar-refractivity contribution is 5.95. The van der Waals surface area contributed by atoms with Gasteiger partial charge in [0, 0.05) is 30.2 Å². The number of carbonyl (C=O) groups is 1. The first-order chi connectivity index (χ1) is 11.7. The van der Waals surface area contributed by atoms with Crippen molar-refractivity contribution in [2.75, 3.05) is 0 Å². The molecule has 1 aliphatic heterocycles. The maximum absolute atomic E-state index is 11.1. The first-order valence-electron chi connectivity index (χ1n) is 7.69. The van der Waals surface area contributed by atoms with Crippen molar-refractivity contribution in [3.05, 3.63) is 71.5 Å². The number of benzene rings is 2. The molecule has 1 aromatic heterocycles. The second-order valence-electron chi connectivity index (χ2n) is 5.80. The Hall–Kier alpha value is -3.21. The lowest BCUT2D eigenvalue weighted by molar-refractivity contribution is 0.0965. The van der Waals surface area contributed by atoms with Crippen LogP contribution in [0.25, 0.3) is 11.3 Å². The molecule has 0 aliphatic carbocycles. The zero-order chi connectivity index (χ0) is 16.5. The highest BCUT2D eigenvalue weighted by atomic mass is 16.5. The zero-order valence-corrected chi connectivity index (χ0v) is 12.9. The summed E-state index contributed by atoms with van der Waals surface area (Å²) < 4.78 is 4.91. The van der Waals surface area contributed by atoms with Crippen molar-refractivity contribution in [3.8, 4) is 11.3 Å². The molecule has 0 bridgehead atoms. The fourth-order valence-electron chi connectivity index (χ4n) is 2.86. The molecule has 0 radical (unpaired) electrons. The van der Waals surface area contributed by atoms with Crippen LogP contribution in [0.2, 0.25) is 0 Å². The Morgan fingerprint density at radius 2 is 1.92 bits per heavy atom. The normalized spacial score (nSPS) is 12.8. The Kier molecular flexibility index (Phi) is 3.46. The summed E-state index contributed by atoms with van der Waals surface area (Å²) in [6.07, 6.45) is 1.73. The van der Waals surface area contributed by atoms with Gasteiger partial charge in [0.1, 0.15) is 5.69 Å². The fourth-order valence-corrected chi connectivity index (χ4v) is 2.86. The number of carbonyl (C=O) groups excluding carboxylic acids is 1. The fraction of sp³-hybridized carbons (Fsp3) is 0.105. The summed E-state index contributed by atoms with van der Waals surface area (Å²) in [6.45, 7) is 0. The third-order valence-electron chi connectivity index (χ3n) is 4.08. The van der Waals surface area contributed by atoms with E-state index in [4.69, 9.17) is 10.3 Å². The quantitative estimate of drug-likeness (QED) is 0.801.